The number of sulfonamides is 1. The maximum Gasteiger partial charge on any atom is 0.358 e. The van der Waals surface area contributed by atoms with E-state index >= 15 is 0 Å². The SMILES string of the molecule is Cc1c(-c2ccc(N3CCc4cccc(C(=O)Nc5nc6ccccc6s5)c4C3)nc2C(=O)OC(C)(C)C)cnn1CC12CC3(C)CC(C)(C1)CC(OCCNC1CCN(S(C)(=O)=O)CC1)(C3)C2. The standard InChI is InChI=1S/C52H66N8O6S2/c1-34-39(25-54-60(34)33-51-28-49(5)27-50(6,29-51)31-52(30-49,32-51)65-24-20-53-36-18-22-59(23-19-36)68(7,63)64)37-15-16-43(56-44(37)46(62)66-48(2,3)4)58-21-17-35-11-10-12-38(40(35)26-58)45(61)57-47-55-41-13-8-9-14-42(41)67-47/h8-16,25,36,53H,17-24,26-33H2,1-7H3,(H,55,57,61). The number of nitrogens with one attached hydrogen (secondary N) is 2. The quantitative estimate of drug-likeness (QED) is 0.0858. The van der Waals surface area contributed by atoms with E-state index in [2.05, 4.69) is 52.0 Å². The lowest BCUT2D eigenvalue weighted by molar-refractivity contribution is -0.247. The third kappa shape index (κ3) is 9.47. The molecule has 2 atom stereocenters. The fourth-order valence-electron chi connectivity index (χ4n) is 13.7. The first-order valence-electron chi connectivity index (χ1n) is 24.3. The largest absolute Gasteiger partial charge is 0.455 e. The number of pyridine rings is 1. The summed E-state index contributed by atoms with van der Waals surface area (Å²) in [5, 5.41) is 12.3. The fraction of sp³-hybridized carbons (Fsp3) is 0.558. The Kier molecular flexibility index (Phi) is 11.9. The Morgan fingerprint density at radius 1 is 0.897 bits per heavy atom. The van der Waals surface area contributed by atoms with Gasteiger partial charge in [0.2, 0.25) is 10.0 Å². The summed E-state index contributed by atoms with van der Waals surface area (Å²) in [6, 6.07) is 18.0. The lowest BCUT2D eigenvalue weighted by Crippen LogP contribution is -2.64. The Balaban J connectivity index is 0.873. The van der Waals surface area contributed by atoms with Crippen molar-refractivity contribution in [2.75, 3.05) is 49.3 Å². The number of rotatable bonds is 13. The Hall–Kier alpha value is -4.74. The molecule has 4 saturated carbocycles. The highest BCUT2D eigenvalue weighted by Crippen LogP contribution is 2.72. The predicted molar refractivity (Wildman–Crippen MR) is 267 cm³/mol. The average Bonchev–Trinajstić information content (AvgIpc) is 3.83. The van der Waals surface area contributed by atoms with Gasteiger partial charge in [0, 0.05) is 67.7 Å². The molecule has 5 heterocycles. The molecule has 0 spiro atoms. The highest BCUT2D eigenvalue weighted by atomic mass is 32.2. The number of piperidine rings is 1. The molecule has 16 heteroatoms. The molecule has 4 bridgehead atoms. The van der Waals surface area contributed by atoms with Gasteiger partial charge in [0.05, 0.1) is 34.9 Å². The zero-order chi connectivity index (χ0) is 47.9. The molecule has 1 saturated heterocycles. The molecule has 2 N–H and O–H groups in total. The summed E-state index contributed by atoms with van der Waals surface area (Å²) in [5.74, 6) is -0.0633. The van der Waals surface area contributed by atoms with E-state index in [0.717, 1.165) is 90.6 Å². The second-order valence-corrected chi connectivity index (χ2v) is 25.5. The molecule has 0 radical (unpaired) electrons. The average molecular weight is 963 g/mol. The van der Waals surface area contributed by atoms with Gasteiger partial charge in [0.25, 0.3) is 5.91 Å². The van der Waals surface area contributed by atoms with Crippen molar-refractivity contribution in [3.8, 4) is 11.1 Å². The van der Waals surface area contributed by atoms with Crippen LogP contribution in [-0.2, 0) is 39.0 Å². The predicted octanol–water partition coefficient (Wildman–Crippen LogP) is 8.78. The molecule has 4 aliphatic carbocycles. The van der Waals surface area contributed by atoms with Gasteiger partial charge >= 0.3 is 5.97 Å². The van der Waals surface area contributed by atoms with Gasteiger partial charge in [-0.2, -0.15) is 5.10 Å². The first-order chi connectivity index (χ1) is 32.2. The van der Waals surface area contributed by atoms with Crippen molar-refractivity contribution in [2.24, 2.45) is 16.2 Å². The van der Waals surface area contributed by atoms with Gasteiger partial charge in [-0.25, -0.2) is 27.5 Å². The number of esters is 1. The van der Waals surface area contributed by atoms with Crippen LogP contribution >= 0.6 is 11.3 Å². The monoisotopic (exact) mass is 962 g/mol. The minimum absolute atomic E-state index is 0.00298. The molecule has 11 rings (SSSR count). The Labute approximate surface area is 404 Å². The molecular formula is C52H66N8O6S2. The maximum absolute atomic E-state index is 14.2. The van der Waals surface area contributed by atoms with Gasteiger partial charge < -0.3 is 19.7 Å². The van der Waals surface area contributed by atoms with Crippen molar-refractivity contribution in [3.05, 3.63) is 88.9 Å². The number of para-hydroxylation sites is 1. The number of ether oxygens (including phenoxy) is 2. The second-order valence-electron chi connectivity index (χ2n) is 22.5. The molecule has 14 nitrogen and oxygen atoms in total. The number of carbonyl (C=O) groups excluding carboxylic acids is 2. The summed E-state index contributed by atoms with van der Waals surface area (Å²) in [5.41, 5.74) is 5.63. The first kappa shape index (κ1) is 47.0. The van der Waals surface area contributed by atoms with Crippen LogP contribution in [0.3, 0.4) is 0 Å². The van der Waals surface area contributed by atoms with Crippen LogP contribution in [0.15, 0.2) is 60.8 Å². The molecule has 3 aromatic heterocycles. The smallest absolute Gasteiger partial charge is 0.358 e. The fourth-order valence-corrected chi connectivity index (χ4v) is 15.4. The number of hydrogen-bond donors (Lipinski definition) is 2. The van der Waals surface area contributed by atoms with Crippen LogP contribution in [0.2, 0.25) is 0 Å². The Bertz CT molecular complexity index is 2830. The van der Waals surface area contributed by atoms with Gasteiger partial charge in [0.15, 0.2) is 10.8 Å². The van der Waals surface area contributed by atoms with Crippen LogP contribution in [-0.4, -0.2) is 101 Å². The molecule has 68 heavy (non-hydrogen) atoms. The minimum Gasteiger partial charge on any atom is -0.455 e. The lowest BCUT2D eigenvalue weighted by Gasteiger charge is -2.69. The number of fused-ring (bicyclic) bond motifs is 2. The number of thiazole rings is 1. The number of hydrogen-bond acceptors (Lipinski definition) is 12. The van der Waals surface area contributed by atoms with E-state index < -0.39 is 21.6 Å². The van der Waals surface area contributed by atoms with Crippen molar-refractivity contribution in [3.63, 3.8) is 0 Å². The number of carbonyl (C=O) groups is 2. The minimum atomic E-state index is -3.15. The zero-order valence-electron chi connectivity index (χ0n) is 40.6. The third-order valence-electron chi connectivity index (χ3n) is 15.2. The van der Waals surface area contributed by atoms with Crippen LogP contribution in [0.1, 0.15) is 124 Å². The van der Waals surface area contributed by atoms with Crippen molar-refractivity contribution < 1.29 is 27.5 Å². The summed E-state index contributed by atoms with van der Waals surface area (Å²) in [7, 11) is -3.15. The van der Waals surface area contributed by atoms with Crippen molar-refractivity contribution in [1.82, 2.24) is 29.4 Å². The van der Waals surface area contributed by atoms with E-state index in [1.54, 1.807) is 4.31 Å². The molecule has 6 aliphatic rings. The second kappa shape index (κ2) is 17.3. The van der Waals surface area contributed by atoms with Crippen LogP contribution in [0, 0.1) is 23.2 Å². The van der Waals surface area contributed by atoms with E-state index in [-0.39, 0.29) is 33.4 Å². The van der Waals surface area contributed by atoms with Gasteiger partial charge in [-0.1, -0.05) is 49.4 Å². The van der Waals surface area contributed by atoms with Crippen LogP contribution < -0.4 is 15.5 Å². The van der Waals surface area contributed by atoms with E-state index in [0.29, 0.717) is 67.3 Å². The highest BCUT2D eigenvalue weighted by molar-refractivity contribution is 7.88. The number of nitrogens with zero attached hydrogens (tertiary/aromatic N) is 6. The van der Waals surface area contributed by atoms with Crippen molar-refractivity contribution in [2.45, 2.75) is 130 Å². The number of benzene rings is 2. The lowest BCUT2D eigenvalue weighted by atomic mass is 9.39. The molecule has 2 unspecified atom stereocenters. The first-order valence-corrected chi connectivity index (χ1v) is 27.0. The zero-order valence-corrected chi connectivity index (χ0v) is 42.2. The van der Waals surface area contributed by atoms with Crippen molar-refractivity contribution >= 4 is 54.4 Å². The van der Waals surface area contributed by atoms with Crippen LogP contribution in [0.25, 0.3) is 21.3 Å². The van der Waals surface area contributed by atoms with Gasteiger partial charge in [-0.05, 0) is 143 Å². The third-order valence-corrected chi connectivity index (χ3v) is 17.5. The summed E-state index contributed by atoms with van der Waals surface area (Å²) in [6.07, 6.45) is 12.1. The molecule has 5 fully saturated rings. The summed E-state index contributed by atoms with van der Waals surface area (Å²) in [6.45, 7) is 17.0. The van der Waals surface area contributed by atoms with Gasteiger partial charge in [-0.15, -0.1) is 0 Å². The molecule has 2 aromatic carbocycles. The van der Waals surface area contributed by atoms with Gasteiger partial charge in [-0.3, -0.25) is 14.8 Å². The summed E-state index contributed by atoms with van der Waals surface area (Å²) in [4.78, 5) is 39.9. The summed E-state index contributed by atoms with van der Waals surface area (Å²) >= 11 is 1.45. The topological polar surface area (TPSA) is 161 Å². The normalized spacial score (nSPS) is 26.3. The Morgan fingerprint density at radius 2 is 1.65 bits per heavy atom. The summed E-state index contributed by atoms with van der Waals surface area (Å²) < 4.78 is 41.9. The molecule has 5 aromatic rings. The molecular weight excluding hydrogens is 897 g/mol. The maximum atomic E-state index is 14.2. The molecule has 362 valence electrons. The number of anilines is 2. The van der Waals surface area contributed by atoms with Crippen molar-refractivity contribution in [1.29, 1.82) is 0 Å². The van der Waals surface area contributed by atoms with E-state index in [4.69, 9.17) is 19.6 Å². The van der Waals surface area contributed by atoms with E-state index in [1.165, 1.54) is 24.0 Å². The molecule has 1 amide bonds. The highest BCUT2D eigenvalue weighted by Gasteiger charge is 2.66. The number of amides is 1. The van der Waals surface area contributed by atoms with Gasteiger partial charge in [0.1, 0.15) is 11.4 Å². The van der Waals surface area contributed by atoms with E-state index in [9.17, 15) is 18.0 Å². The number of aromatic nitrogens is 4. The molecule has 2 aliphatic heterocycles. The van der Waals surface area contributed by atoms with Crippen LogP contribution in [0.5, 0.6) is 0 Å². The Morgan fingerprint density at radius 3 is 2.37 bits per heavy atom. The van der Waals surface area contributed by atoms with E-state index in [1.807, 2.05) is 75.5 Å². The van der Waals surface area contributed by atoms with Crippen LogP contribution in [0.4, 0.5) is 10.9 Å².